The number of carbonyl (C=O) groups excluding carboxylic acids is 2. The van der Waals surface area contributed by atoms with Crippen molar-refractivity contribution in [2.24, 2.45) is 5.92 Å². The highest BCUT2D eigenvalue weighted by molar-refractivity contribution is 7.89. The molecule has 1 atom stereocenters. The molecule has 0 radical (unpaired) electrons. The fourth-order valence-electron chi connectivity index (χ4n) is 5.03. The molecule has 2 aliphatic rings. The van der Waals surface area contributed by atoms with Gasteiger partial charge in [-0.1, -0.05) is 6.07 Å². The van der Waals surface area contributed by atoms with Crippen LogP contribution < -0.4 is 14.8 Å². The summed E-state index contributed by atoms with van der Waals surface area (Å²) in [5.74, 6) is 0.536. The maximum atomic E-state index is 13.6. The van der Waals surface area contributed by atoms with Gasteiger partial charge in [-0.15, -0.1) is 0 Å². The molecule has 2 saturated heterocycles. The number of amides is 2. The van der Waals surface area contributed by atoms with Gasteiger partial charge in [0, 0.05) is 31.7 Å². The Labute approximate surface area is 218 Å². The number of sulfonamides is 1. The van der Waals surface area contributed by atoms with Crippen LogP contribution in [0.1, 0.15) is 42.5 Å². The zero-order chi connectivity index (χ0) is 26.4. The van der Waals surface area contributed by atoms with E-state index in [-0.39, 0.29) is 35.7 Å². The van der Waals surface area contributed by atoms with E-state index >= 15 is 0 Å². The number of hydrogen-bond donors (Lipinski definition) is 1. The van der Waals surface area contributed by atoms with E-state index in [1.165, 1.54) is 30.7 Å². The quantitative estimate of drug-likeness (QED) is 0.564. The van der Waals surface area contributed by atoms with E-state index in [0.717, 1.165) is 19.3 Å². The van der Waals surface area contributed by atoms with E-state index in [0.29, 0.717) is 43.0 Å². The van der Waals surface area contributed by atoms with E-state index < -0.39 is 16.1 Å². The summed E-state index contributed by atoms with van der Waals surface area (Å²) in [4.78, 5) is 28.8. The Balaban J connectivity index is 1.49. The molecule has 0 spiro atoms. The van der Waals surface area contributed by atoms with Crippen LogP contribution in [0.25, 0.3) is 0 Å². The van der Waals surface area contributed by atoms with Crippen molar-refractivity contribution in [3.8, 4) is 11.5 Å². The highest BCUT2D eigenvalue weighted by Gasteiger charge is 2.38. The summed E-state index contributed by atoms with van der Waals surface area (Å²) in [6.07, 6.45) is 3.92. The number of nitrogens with one attached hydrogen (secondary N) is 1. The first-order valence-corrected chi connectivity index (χ1v) is 14.2. The summed E-state index contributed by atoms with van der Waals surface area (Å²) >= 11 is 0. The lowest BCUT2D eigenvalue weighted by atomic mass is 9.88. The van der Waals surface area contributed by atoms with E-state index in [1.54, 1.807) is 36.4 Å². The molecule has 9 nitrogen and oxygen atoms in total. The average Bonchev–Trinajstić information content (AvgIpc) is 2.96. The van der Waals surface area contributed by atoms with E-state index in [9.17, 15) is 18.0 Å². The highest BCUT2D eigenvalue weighted by atomic mass is 32.2. The second-order valence-electron chi connectivity index (χ2n) is 9.49. The smallest absolute Gasteiger partial charge is 0.252 e. The molecule has 0 saturated carbocycles. The van der Waals surface area contributed by atoms with Gasteiger partial charge >= 0.3 is 0 Å². The molecule has 1 N–H and O–H groups in total. The third-order valence-corrected chi connectivity index (χ3v) is 9.13. The van der Waals surface area contributed by atoms with Crippen molar-refractivity contribution in [1.29, 1.82) is 0 Å². The largest absolute Gasteiger partial charge is 0.497 e. The first kappa shape index (κ1) is 26.9. The van der Waals surface area contributed by atoms with Crippen molar-refractivity contribution in [3.05, 3.63) is 54.1 Å². The second kappa shape index (κ2) is 12.0. The lowest BCUT2D eigenvalue weighted by Gasteiger charge is -2.38. The van der Waals surface area contributed by atoms with Crippen molar-refractivity contribution in [1.82, 2.24) is 14.5 Å². The molecule has 0 aliphatic carbocycles. The van der Waals surface area contributed by atoms with Crippen molar-refractivity contribution < 1.29 is 27.5 Å². The first-order chi connectivity index (χ1) is 17.8. The number of piperidine rings is 2. The van der Waals surface area contributed by atoms with Gasteiger partial charge in [0.05, 0.1) is 19.1 Å². The number of ether oxygens (including phenoxy) is 2. The number of nitrogens with zero attached hydrogens (tertiary/aromatic N) is 2. The van der Waals surface area contributed by atoms with Crippen LogP contribution >= 0.6 is 0 Å². The molecule has 2 aromatic rings. The maximum absolute atomic E-state index is 13.6. The normalized spacial score (nSPS) is 18.2. The fourth-order valence-corrected chi connectivity index (χ4v) is 6.50. The van der Waals surface area contributed by atoms with Gasteiger partial charge in [0.25, 0.3) is 5.91 Å². The van der Waals surface area contributed by atoms with Gasteiger partial charge in [-0.05, 0) is 80.5 Å². The van der Waals surface area contributed by atoms with Gasteiger partial charge in [-0.3, -0.25) is 9.59 Å². The Kier molecular flexibility index (Phi) is 8.71. The van der Waals surface area contributed by atoms with Crippen LogP contribution in [0.2, 0.25) is 0 Å². The van der Waals surface area contributed by atoms with Crippen LogP contribution in [0.4, 0.5) is 0 Å². The SMILES string of the molecule is COc1ccc(S(=O)(=O)N2CCC([C@@H](NC(=O)c3cccc(OC)c3)C(=O)N3CCCCC3)CC2)cc1. The third-order valence-electron chi connectivity index (χ3n) is 7.22. The topological polar surface area (TPSA) is 105 Å². The Bertz CT molecular complexity index is 1190. The molecule has 2 aliphatic heterocycles. The number of methoxy groups -OCH3 is 2. The summed E-state index contributed by atoms with van der Waals surface area (Å²) in [6.45, 7) is 1.90. The second-order valence-corrected chi connectivity index (χ2v) is 11.4. The fraction of sp³-hybridized carbons (Fsp3) is 0.481. The van der Waals surface area contributed by atoms with E-state index in [2.05, 4.69) is 5.32 Å². The Morgan fingerprint density at radius 1 is 0.892 bits per heavy atom. The molecule has 2 amide bonds. The third kappa shape index (κ3) is 6.24. The minimum atomic E-state index is -3.67. The van der Waals surface area contributed by atoms with Gasteiger partial charge in [0.15, 0.2) is 0 Å². The molecule has 2 aromatic carbocycles. The number of likely N-dealkylation sites (tertiary alicyclic amines) is 1. The first-order valence-electron chi connectivity index (χ1n) is 12.7. The molecule has 200 valence electrons. The lowest BCUT2D eigenvalue weighted by molar-refractivity contribution is -0.135. The predicted octanol–water partition coefficient (Wildman–Crippen LogP) is 2.92. The molecule has 2 heterocycles. The van der Waals surface area contributed by atoms with Crippen molar-refractivity contribution in [2.75, 3.05) is 40.4 Å². The van der Waals surface area contributed by atoms with Gasteiger partial charge in [0.2, 0.25) is 15.9 Å². The minimum Gasteiger partial charge on any atom is -0.497 e. The molecule has 2 fully saturated rings. The van der Waals surface area contributed by atoms with Crippen LogP contribution in [0, 0.1) is 5.92 Å². The average molecular weight is 530 g/mol. The summed E-state index contributed by atoms with van der Waals surface area (Å²) in [5, 5.41) is 2.98. The molecule has 0 unspecified atom stereocenters. The zero-order valence-electron chi connectivity index (χ0n) is 21.4. The monoisotopic (exact) mass is 529 g/mol. The standard InChI is InChI=1S/C27H35N3O6S/c1-35-22-9-11-24(12-10-22)37(33,34)30-17-13-20(14-18-30)25(27(32)29-15-4-3-5-16-29)28-26(31)21-7-6-8-23(19-21)36-2/h6-12,19-20,25H,3-5,13-18H2,1-2H3,(H,28,31)/t25-/m1/s1. The van der Waals surface area contributed by atoms with Crippen LogP contribution in [-0.2, 0) is 14.8 Å². The number of rotatable bonds is 8. The van der Waals surface area contributed by atoms with Crippen molar-refractivity contribution in [2.45, 2.75) is 43.0 Å². The van der Waals surface area contributed by atoms with Crippen molar-refractivity contribution in [3.63, 3.8) is 0 Å². The molecular formula is C27H35N3O6S. The zero-order valence-corrected chi connectivity index (χ0v) is 22.2. The Morgan fingerprint density at radius 3 is 2.16 bits per heavy atom. The number of benzene rings is 2. The lowest BCUT2D eigenvalue weighted by Crippen LogP contribution is -2.55. The van der Waals surface area contributed by atoms with Crippen LogP contribution in [0.5, 0.6) is 11.5 Å². The predicted molar refractivity (Wildman–Crippen MR) is 139 cm³/mol. The molecule has 0 bridgehead atoms. The van der Waals surface area contributed by atoms with Crippen LogP contribution in [-0.4, -0.2) is 75.9 Å². The van der Waals surface area contributed by atoms with Gasteiger partial charge in [-0.25, -0.2) is 8.42 Å². The molecule has 4 rings (SSSR count). The summed E-state index contributed by atoms with van der Waals surface area (Å²) in [6, 6.07) is 12.4. The Hall–Kier alpha value is -3.11. The van der Waals surface area contributed by atoms with E-state index in [4.69, 9.17) is 9.47 Å². The highest BCUT2D eigenvalue weighted by Crippen LogP contribution is 2.28. The number of carbonyl (C=O) groups is 2. The van der Waals surface area contributed by atoms with Gasteiger partial charge < -0.3 is 19.7 Å². The summed E-state index contributed by atoms with van der Waals surface area (Å²) < 4.78 is 38.2. The van der Waals surface area contributed by atoms with Crippen LogP contribution in [0.3, 0.4) is 0 Å². The van der Waals surface area contributed by atoms with E-state index in [1.807, 2.05) is 4.90 Å². The minimum absolute atomic E-state index is 0.0904. The molecular weight excluding hydrogens is 494 g/mol. The molecule has 10 heteroatoms. The Morgan fingerprint density at radius 2 is 1.54 bits per heavy atom. The van der Waals surface area contributed by atoms with Crippen LogP contribution in [0.15, 0.2) is 53.4 Å². The molecule has 0 aromatic heterocycles. The maximum Gasteiger partial charge on any atom is 0.252 e. The number of hydrogen-bond acceptors (Lipinski definition) is 6. The summed E-state index contributed by atoms with van der Waals surface area (Å²) in [5.41, 5.74) is 0.412. The summed E-state index contributed by atoms with van der Waals surface area (Å²) in [7, 11) is -0.604. The molecule has 37 heavy (non-hydrogen) atoms. The van der Waals surface area contributed by atoms with Gasteiger partial charge in [-0.2, -0.15) is 4.31 Å². The van der Waals surface area contributed by atoms with Gasteiger partial charge in [0.1, 0.15) is 17.5 Å². The van der Waals surface area contributed by atoms with Crippen molar-refractivity contribution >= 4 is 21.8 Å².